The second kappa shape index (κ2) is 13.8. The number of anilines is 1. The van der Waals surface area contributed by atoms with E-state index >= 15 is 0 Å². The molecular formula is C35H37N5O6S. The lowest BCUT2D eigenvalue weighted by Gasteiger charge is -2.38. The molecule has 1 aliphatic heterocycles. The lowest BCUT2D eigenvalue weighted by Crippen LogP contribution is -2.55. The van der Waals surface area contributed by atoms with Gasteiger partial charge in [-0.3, -0.25) is 14.9 Å². The van der Waals surface area contributed by atoms with Crippen molar-refractivity contribution < 1.29 is 27.9 Å². The highest BCUT2D eigenvalue weighted by atomic mass is 32.2. The number of aromatic nitrogens is 1. The van der Waals surface area contributed by atoms with E-state index < -0.39 is 27.4 Å². The Morgan fingerprint density at radius 3 is 2.40 bits per heavy atom. The third-order valence-corrected chi connectivity index (χ3v) is 9.61. The standard InChI is InChI=1S/C35H37N5O6S/c1-35(2,3)46-32(42)23-38-30(34(43)40-18-16-39(17-19-40)27-11-8-24(22-36)9-12-27)20-26-10-13-28(41)21-31(26)47(44,45)33-29-7-5-4-6-25(29)14-15-37-33/h4-15,21,30,38,41H,16-20,23H2,1-3H3. The Hall–Kier alpha value is -4.99. The minimum absolute atomic E-state index is 0.0862. The first-order valence-electron chi connectivity index (χ1n) is 15.3. The van der Waals surface area contributed by atoms with Gasteiger partial charge in [0.25, 0.3) is 0 Å². The average molecular weight is 656 g/mol. The van der Waals surface area contributed by atoms with Gasteiger partial charge in [0, 0.05) is 43.4 Å². The number of hydrogen-bond donors (Lipinski definition) is 2. The van der Waals surface area contributed by atoms with Crippen LogP contribution in [-0.4, -0.2) is 79.7 Å². The Balaban J connectivity index is 1.42. The first kappa shape index (κ1) is 33.4. The monoisotopic (exact) mass is 655 g/mol. The number of rotatable bonds is 9. The number of carbonyl (C=O) groups excluding carboxylic acids is 2. The molecule has 12 heteroatoms. The second-order valence-corrected chi connectivity index (χ2v) is 14.2. The van der Waals surface area contributed by atoms with E-state index in [4.69, 9.17) is 10.00 Å². The fourth-order valence-corrected chi connectivity index (χ4v) is 7.23. The molecule has 5 rings (SSSR count). The number of nitrogens with one attached hydrogen (secondary N) is 1. The number of piperazine rings is 1. The number of nitriles is 1. The number of benzene rings is 3. The number of nitrogens with zero attached hydrogens (tertiary/aromatic N) is 4. The van der Waals surface area contributed by atoms with Crippen LogP contribution in [0.1, 0.15) is 31.9 Å². The van der Waals surface area contributed by atoms with E-state index in [1.54, 1.807) is 68.1 Å². The summed E-state index contributed by atoms with van der Waals surface area (Å²) in [6.07, 6.45) is 1.33. The summed E-state index contributed by atoms with van der Waals surface area (Å²) in [7, 11) is -4.26. The zero-order chi connectivity index (χ0) is 33.8. The van der Waals surface area contributed by atoms with Crippen molar-refractivity contribution in [1.82, 2.24) is 15.2 Å². The maximum Gasteiger partial charge on any atom is 0.320 e. The van der Waals surface area contributed by atoms with Gasteiger partial charge in [-0.15, -0.1) is 0 Å². The third-order valence-electron chi connectivity index (χ3n) is 7.82. The Bertz CT molecular complexity index is 1920. The van der Waals surface area contributed by atoms with E-state index in [9.17, 15) is 23.1 Å². The van der Waals surface area contributed by atoms with Crippen LogP contribution >= 0.6 is 0 Å². The highest BCUT2D eigenvalue weighted by molar-refractivity contribution is 7.91. The number of carbonyl (C=O) groups is 2. The minimum Gasteiger partial charge on any atom is -0.508 e. The molecule has 1 unspecified atom stereocenters. The van der Waals surface area contributed by atoms with Gasteiger partial charge in [-0.1, -0.05) is 30.3 Å². The predicted octanol–water partition coefficient (Wildman–Crippen LogP) is 3.84. The normalized spacial score (nSPS) is 14.4. The summed E-state index contributed by atoms with van der Waals surface area (Å²) in [6.45, 7) is 6.84. The molecule has 2 heterocycles. The average Bonchev–Trinajstić information content (AvgIpc) is 3.06. The molecule has 1 fully saturated rings. The van der Waals surface area contributed by atoms with Crippen LogP contribution in [0.4, 0.5) is 5.69 Å². The van der Waals surface area contributed by atoms with Crippen LogP contribution in [-0.2, 0) is 30.6 Å². The van der Waals surface area contributed by atoms with Gasteiger partial charge >= 0.3 is 5.97 Å². The summed E-state index contributed by atoms with van der Waals surface area (Å²) < 4.78 is 33.7. The van der Waals surface area contributed by atoms with Crippen molar-refractivity contribution in [3.8, 4) is 11.8 Å². The van der Waals surface area contributed by atoms with Gasteiger partial charge < -0.3 is 19.6 Å². The first-order valence-corrected chi connectivity index (χ1v) is 16.7. The summed E-state index contributed by atoms with van der Waals surface area (Å²) in [4.78, 5) is 34.6. The van der Waals surface area contributed by atoms with Gasteiger partial charge in [-0.05, 0) is 80.6 Å². The maximum atomic E-state index is 14.1. The van der Waals surface area contributed by atoms with Crippen molar-refractivity contribution in [2.24, 2.45) is 0 Å². The molecule has 0 bridgehead atoms. The molecule has 1 saturated heterocycles. The van der Waals surface area contributed by atoms with E-state index in [2.05, 4.69) is 21.3 Å². The van der Waals surface area contributed by atoms with Crippen LogP contribution in [0.25, 0.3) is 10.8 Å². The summed E-state index contributed by atoms with van der Waals surface area (Å²) in [5.41, 5.74) is 1.05. The number of pyridine rings is 1. The van der Waals surface area contributed by atoms with Crippen LogP contribution < -0.4 is 10.2 Å². The second-order valence-electron chi connectivity index (χ2n) is 12.3. The van der Waals surface area contributed by atoms with E-state index in [1.807, 2.05) is 12.1 Å². The number of hydrogen-bond acceptors (Lipinski definition) is 10. The van der Waals surface area contributed by atoms with Gasteiger partial charge in [0.15, 0.2) is 5.03 Å². The molecule has 1 aliphatic rings. The Kier molecular flexibility index (Phi) is 9.79. The van der Waals surface area contributed by atoms with Crippen molar-refractivity contribution in [2.75, 3.05) is 37.6 Å². The fraction of sp³-hybridized carbons (Fsp3) is 0.314. The largest absolute Gasteiger partial charge is 0.508 e. The number of esters is 1. The molecule has 0 radical (unpaired) electrons. The smallest absolute Gasteiger partial charge is 0.320 e. The molecule has 4 aromatic rings. The highest BCUT2D eigenvalue weighted by Gasteiger charge is 2.32. The summed E-state index contributed by atoms with van der Waals surface area (Å²) in [5, 5.41) is 23.5. The molecule has 2 N–H and O–H groups in total. The van der Waals surface area contributed by atoms with E-state index in [1.165, 1.54) is 24.4 Å². The van der Waals surface area contributed by atoms with Gasteiger partial charge in [0.05, 0.1) is 29.1 Å². The van der Waals surface area contributed by atoms with E-state index in [0.717, 1.165) is 5.69 Å². The van der Waals surface area contributed by atoms with Crippen molar-refractivity contribution >= 4 is 38.2 Å². The molecule has 3 aromatic carbocycles. The summed E-state index contributed by atoms with van der Waals surface area (Å²) >= 11 is 0. The Labute approximate surface area is 274 Å². The van der Waals surface area contributed by atoms with Crippen molar-refractivity contribution in [1.29, 1.82) is 5.26 Å². The van der Waals surface area contributed by atoms with E-state index in [0.29, 0.717) is 42.5 Å². The maximum absolute atomic E-state index is 14.1. The predicted molar refractivity (Wildman–Crippen MR) is 177 cm³/mol. The molecule has 1 amide bonds. The van der Waals surface area contributed by atoms with Gasteiger partial charge in [-0.25, -0.2) is 13.4 Å². The van der Waals surface area contributed by atoms with Crippen LogP contribution in [0.15, 0.2) is 88.9 Å². The number of fused-ring (bicyclic) bond motifs is 1. The number of phenolic OH excluding ortho intramolecular Hbond substituents is 1. The van der Waals surface area contributed by atoms with Gasteiger partial charge in [0.2, 0.25) is 15.7 Å². The molecule has 47 heavy (non-hydrogen) atoms. The van der Waals surface area contributed by atoms with Crippen LogP contribution in [0.2, 0.25) is 0 Å². The van der Waals surface area contributed by atoms with E-state index in [-0.39, 0.29) is 40.1 Å². The number of aromatic hydroxyl groups is 1. The Morgan fingerprint density at radius 1 is 1.02 bits per heavy atom. The zero-order valence-corrected chi connectivity index (χ0v) is 27.3. The van der Waals surface area contributed by atoms with Crippen LogP contribution in [0.3, 0.4) is 0 Å². The highest BCUT2D eigenvalue weighted by Crippen LogP contribution is 2.31. The van der Waals surface area contributed by atoms with Crippen molar-refractivity contribution in [3.05, 3.63) is 90.1 Å². The minimum atomic E-state index is -4.26. The molecule has 0 saturated carbocycles. The molecule has 1 aromatic heterocycles. The summed E-state index contributed by atoms with van der Waals surface area (Å²) in [5.74, 6) is -1.11. The molecule has 11 nitrogen and oxygen atoms in total. The third kappa shape index (κ3) is 7.88. The molecule has 244 valence electrons. The van der Waals surface area contributed by atoms with Gasteiger partial charge in [0.1, 0.15) is 11.4 Å². The lowest BCUT2D eigenvalue weighted by molar-refractivity contribution is -0.153. The number of sulfone groups is 1. The molecular weight excluding hydrogens is 618 g/mol. The SMILES string of the molecule is CC(C)(C)OC(=O)CNC(Cc1ccc(O)cc1S(=O)(=O)c1nccc2ccccc12)C(=O)N1CCN(c2ccc(C#N)cc2)CC1. The number of ether oxygens (including phenoxy) is 1. The molecule has 0 aliphatic carbocycles. The van der Waals surface area contributed by atoms with Crippen LogP contribution in [0, 0.1) is 11.3 Å². The summed E-state index contributed by atoms with van der Waals surface area (Å²) in [6, 6.07) is 21.1. The lowest BCUT2D eigenvalue weighted by atomic mass is 10.0. The van der Waals surface area contributed by atoms with Gasteiger partial charge in [-0.2, -0.15) is 5.26 Å². The fourth-order valence-electron chi connectivity index (χ4n) is 5.58. The Morgan fingerprint density at radius 2 is 1.72 bits per heavy atom. The number of phenols is 1. The zero-order valence-electron chi connectivity index (χ0n) is 26.5. The van der Waals surface area contributed by atoms with Crippen molar-refractivity contribution in [2.45, 2.75) is 48.8 Å². The molecule has 0 spiro atoms. The van der Waals surface area contributed by atoms with Crippen LogP contribution in [0.5, 0.6) is 5.75 Å². The quantitative estimate of drug-likeness (QED) is 0.255. The number of amides is 1. The van der Waals surface area contributed by atoms with Crippen molar-refractivity contribution in [3.63, 3.8) is 0 Å². The molecule has 1 atom stereocenters. The first-order chi connectivity index (χ1) is 22.4. The topological polar surface area (TPSA) is 153 Å².